The number of nitrogens with one attached hydrogen (secondary N) is 1. The molecule has 38 heavy (non-hydrogen) atoms. The van der Waals surface area contributed by atoms with Crippen molar-refractivity contribution in [2.45, 2.75) is 13.5 Å². The summed E-state index contributed by atoms with van der Waals surface area (Å²) in [6, 6.07) is 17.5. The van der Waals surface area contributed by atoms with Gasteiger partial charge in [-0.15, -0.1) is 0 Å². The molecule has 0 aliphatic rings. The summed E-state index contributed by atoms with van der Waals surface area (Å²) < 4.78 is 18.9. The summed E-state index contributed by atoms with van der Waals surface area (Å²) in [6.45, 7) is 2.10. The van der Waals surface area contributed by atoms with Gasteiger partial charge in [-0.2, -0.15) is 5.10 Å². The molecule has 0 saturated heterocycles. The van der Waals surface area contributed by atoms with Crippen molar-refractivity contribution in [2.75, 3.05) is 11.9 Å². The van der Waals surface area contributed by atoms with Crippen molar-refractivity contribution in [1.29, 1.82) is 0 Å². The largest absolute Gasteiger partial charge is 0.484 e. The Morgan fingerprint density at radius 1 is 1.13 bits per heavy atom. The van der Waals surface area contributed by atoms with E-state index >= 15 is 0 Å². The zero-order chi connectivity index (χ0) is 26.6. The third-order valence-corrected chi connectivity index (χ3v) is 6.25. The number of furan rings is 1. The first-order chi connectivity index (χ1) is 18.4. The molecule has 5 rings (SSSR count). The summed E-state index contributed by atoms with van der Waals surface area (Å²) >= 11 is 9.53. The van der Waals surface area contributed by atoms with Crippen LogP contribution in [-0.4, -0.2) is 33.1 Å². The number of amides is 1. The number of carbonyl (C=O) groups excluding carboxylic acids is 2. The van der Waals surface area contributed by atoms with Crippen LogP contribution in [0.15, 0.2) is 81.9 Å². The van der Waals surface area contributed by atoms with Crippen LogP contribution in [0.25, 0.3) is 16.9 Å². The second-order valence-electron chi connectivity index (χ2n) is 8.01. The van der Waals surface area contributed by atoms with Crippen LogP contribution in [0, 0.1) is 0 Å². The van der Waals surface area contributed by atoms with Gasteiger partial charge in [-0.1, -0.05) is 39.7 Å². The number of esters is 1. The average molecular weight is 596 g/mol. The number of anilines is 1. The number of aromatic nitrogens is 3. The van der Waals surface area contributed by atoms with E-state index in [2.05, 4.69) is 31.3 Å². The van der Waals surface area contributed by atoms with E-state index in [1.165, 1.54) is 6.20 Å². The molecule has 0 saturated carbocycles. The number of halogens is 2. The lowest BCUT2D eigenvalue weighted by Gasteiger charge is -2.09. The zero-order valence-electron chi connectivity index (χ0n) is 20.0. The normalized spacial score (nSPS) is 10.9. The van der Waals surface area contributed by atoms with E-state index in [1.807, 2.05) is 12.1 Å². The third kappa shape index (κ3) is 5.41. The van der Waals surface area contributed by atoms with Crippen LogP contribution in [0.2, 0.25) is 5.02 Å². The van der Waals surface area contributed by atoms with Crippen LogP contribution in [0.3, 0.4) is 0 Å². The number of nitrogens with zero attached hydrogens (tertiary/aromatic N) is 3. The Labute approximate surface area is 230 Å². The molecule has 1 amide bonds. The minimum atomic E-state index is -0.490. The lowest BCUT2D eigenvalue weighted by atomic mass is 10.1. The molecular weight excluding hydrogens is 576 g/mol. The molecule has 192 valence electrons. The Hall–Kier alpha value is -4.15. The monoisotopic (exact) mass is 594 g/mol. The fraction of sp³-hybridized carbons (Fsp3) is 0.111. The summed E-state index contributed by atoms with van der Waals surface area (Å²) in [5.74, 6) is 0.201. The minimum Gasteiger partial charge on any atom is -0.484 e. The topological polar surface area (TPSA) is 108 Å². The van der Waals surface area contributed by atoms with Crippen LogP contribution in [-0.2, 0) is 11.3 Å². The van der Waals surface area contributed by atoms with E-state index in [9.17, 15) is 9.59 Å². The Morgan fingerprint density at radius 3 is 2.82 bits per heavy atom. The summed E-state index contributed by atoms with van der Waals surface area (Å²) in [6.07, 6.45) is 3.02. The van der Waals surface area contributed by atoms with E-state index in [-0.39, 0.29) is 24.5 Å². The van der Waals surface area contributed by atoms with Crippen molar-refractivity contribution >= 4 is 50.7 Å². The predicted octanol–water partition coefficient (Wildman–Crippen LogP) is 6.41. The van der Waals surface area contributed by atoms with Crippen LogP contribution in [0.5, 0.6) is 5.75 Å². The van der Waals surface area contributed by atoms with Gasteiger partial charge in [-0.3, -0.25) is 4.79 Å². The molecule has 0 fully saturated rings. The van der Waals surface area contributed by atoms with Crippen molar-refractivity contribution in [3.8, 4) is 17.0 Å². The van der Waals surface area contributed by atoms with Gasteiger partial charge in [0.2, 0.25) is 0 Å². The second-order valence-corrected chi connectivity index (χ2v) is 9.33. The number of rotatable bonds is 8. The molecule has 2 aromatic carbocycles. The van der Waals surface area contributed by atoms with Gasteiger partial charge in [0.05, 0.1) is 23.5 Å². The van der Waals surface area contributed by atoms with Crippen molar-refractivity contribution in [2.24, 2.45) is 0 Å². The van der Waals surface area contributed by atoms with Gasteiger partial charge in [-0.25, -0.2) is 14.3 Å². The first-order valence-electron chi connectivity index (χ1n) is 11.5. The van der Waals surface area contributed by atoms with E-state index in [4.69, 9.17) is 25.5 Å². The second kappa shape index (κ2) is 11.1. The van der Waals surface area contributed by atoms with E-state index < -0.39 is 11.9 Å². The third-order valence-electron chi connectivity index (χ3n) is 5.46. The Balaban J connectivity index is 1.30. The standard InChI is InChI=1S/C27H20BrClN4O5/c1-2-36-27(35)20-14-31-33-22(10-11-30-25(20)33)16-4-3-5-18(12-16)32-26(34)24-9-7-19(38-24)15-37-23-8-6-17(28)13-21(23)29/h3-14H,2,15H2,1H3,(H,32,34). The molecule has 0 spiro atoms. The van der Waals surface area contributed by atoms with E-state index in [0.717, 1.165) is 10.0 Å². The number of hydrogen-bond donors (Lipinski definition) is 1. The molecular formula is C27H20BrClN4O5. The highest BCUT2D eigenvalue weighted by Crippen LogP contribution is 2.29. The maximum Gasteiger partial charge on any atom is 0.343 e. The van der Waals surface area contributed by atoms with Gasteiger partial charge in [-0.05, 0) is 55.5 Å². The molecule has 0 radical (unpaired) electrons. The number of hydrogen-bond acceptors (Lipinski definition) is 7. The predicted molar refractivity (Wildman–Crippen MR) is 145 cm³/mol. The molecule has 3 aromatic heterocycles. The van der Waals surface area contributed by atoms with Gasteiger partial charge in [0.25, 0.3) is 5.91 Å². The molecule has 3 heterocycles. The number of carbonyl (C=O) groups is 2. The van der Waals surface area contributed by atoms with Gasteiger partial charge in [0.1, 0.15) is 23.7 Å². The molecule has 0 bridgehead atoms. The van der Waals surface area contributed by atoms with E-state index in [0.29, 0.717) is 33.6 Å². The molecule has 0 aliphatic carbocycles. The smallest absolute Gasteiger partial charge is 0.343 e. The van der Waals surface area contributed by atoms with Crippen molar-refractivity contribution in [3.63, 3.8) is 0 Å². The molecule has 0 aliphatic heterocycles. The van der Waals surface area contributed by atoms with Gasteiger partial charge < -0.3 is 19.2 Å². The first-order valence-corrected chi connectivity index (χ1v) is 12.7. The number of fused-ring (bicyclic) bond motifs is 1. The summed E-state index contributed by atoms with van der Waals surface area (Å²) in [7, 11) is 0. The van der Waals surface area contributed by atoms with Gasteiger partial charge >= 0.3 is 5.97 Å². The molecule has 1 N–H and O–H groups in total. The Bertz CT molecular complexity index is 1650. The lowest BCUT2D eigenvalue weighted by molar-refractivity contribution is 0.0528. The van der Waals surface area contributed by atoms with Crippen molar-refractivity contribution in [3.05, 3.63) is 99.6 Å². The quantitative estimate of drug-likeness (QED) is 0.206. The Kier molecular flexibility index (Phi) is 7.43. The first kappa shape index (κ1) is 25.5. The fourth-order valence-electron chi connectivity index (χ4n) is 3.73. The molecule has 0 unspecified atom stereocenters. The maximum atomic E-state index is 12.8. The Morgan fingerprint density at radius 2 is 2.00 bits per heavy atom. The maximum absolute atomic E-state index is 12.8. The minimum absolute atomic E-state index is 0.111. The SMILES string of the molecule is CCOC(=O)c1cnn2c(-c3cccc(NC(=O)c4ccc(COc5ccc(Br)cc5Cl)o4)c3)ccnc12. The summed E-state index contributed by atoms with van der Waals surface area (Å²) in [5, 5.41) is 7.62. The van der Waals surface area contributed by atoms with Crippen molar-refractivity contribution in [1.82, 2.24) is 14.6 Å². The van der Waals surface area contributed by atoms with Crippen LogP contribution in [0.1, 0.15) is 33.6 Å². The number of ether oxygens (including phenoxy) is 2. The molecule has 0 atom stereocenters. The van der Waals surface area contributed by atoms with Gasteiger partial charge in [0, 0.05) is 21.9 Å². The molecule has 5 aromatic rings. The highest BCUT2D eigenvalue weighted by atomic mass is 79.9. The highest BCUT2D eigenvalue weighted by Gasteiger charge is 2.18. The number of benzene rings is 2. The summed E-state index contributed by atoms with van der Waals surface area (Å²) in [5.41, 5.74) is 2.65. The average Bonchev–Trinajstić information content (AvgIpc) is 3.56. The lowest BCUT2D eigenvalue weighted by Crippen LogP contribution is -2.11. The van der Waals surface area contributed by atoms with Gasteiger partial charge in [0.15, 0.2) is 11.4 Å². The summed E-state index contributed by atoms with van der Waals surface area (Å²) in [4.78, 5) is 29.4. The van der Waals surface area contributed by atoms with Crippen LogP contribution >= 0.6 is 27.5 Å². The van der Waals surface area contributed by atoms with Crippen LogP contribution < -0.4 is 10.1 Å². The van der Waals surface area contributed by atoms with E-state index in [1.54, 1.807) is 66.2 Å². The van der Waals surface area contributed by atoms with Crippen molar-refractivity contribution < 1.29 is 23.5 Å². The highest BCUT2D eigenvalue weighted by molar-refractivity contribution is 9.10. The zero-order valence-corrected chi connectivity index (χ0v) is 22.3. The van der Waals surface area contributed by atoms with Crippen LogP contribution in [0.4, 0.5) is 5.69 Å². The fourth-order valence-corrected chi connectivity index (χ4v) is 4.46. The molecule has 11 heteroatoms. The molecule has 9 nitrogen and oxygen atoms in total.